The van der Waals surface area contributed by atoms with E-state index < -0.39 is 0 Å². The van der Waals surface area contributed by atoms with Crippen molar-refractivity contribution in [1.29, 1.82) is 0 Å². The highest BCUT2D eigenvalue weighted by Crippen LogP contribution is 2.31. The first-order valence-corrected chi connectivity index (χ1v) is 7.28. The lowest BCUT2D eigenvalue weighted by molar-refractivity contribution is 0.439. The normalized spacial score (nSPS) is 23.7. The van der Waals surface area contributed by atoms with Crippen molar-refractivity contribution < 1.29 is 0 Å². The number of nitrogens with zero attached hydrogens (tertiary/aromatic N) is 3. The van der Waals surface area contributed by atoms with Crippen LogP contribution in [-0.4, -0.2) is 21.1 Å². The highest BCUT2D eigenvalue weighted by molar-refractivity contribution is 9.10. The van der Waals surface area contributed by atoms with Gasteiger partial charge in [-0.1, -0.05) is 19.8 Å². The molecular weight excluding hydrogens is 292 g/mol. The number of hydrogen-bond donors (Lipinski definition) is 1. The molecule has 1 aliphatic carbocycles. The van der Waals surface area contributed by atoms with E-state index in [0.717, 1.165) is 34.4 Å². The fourth-order valence-electron chi connectivity index (χ4n) is 2.70. The van der Waals surface area contributed by atoms with E-state index in [1.165, 1.54) is 19.3 Å². The molecule has 0 aromatic carbocycles. The minimum atomic E-state index is 0.723. The van der Waals surface area contributed by atoms with Crippen molar-refractivity contribution in [3.63, 3.8) is 0 Å². The van der Waals surface area contributed by atoms with Crippen LogP contribution in [0.3, 0.4) is 0 Å². The third-order valence-corrected chi connectivity index (χ3v) is 4.50. The van der Waals surface area contributed by atoms with E-state index in [4.69, 9.17) is 0 Å². The van der Waals surface area contributed by atoms with E-state index in [2.05, 4.69) is 38.3 Å². The molecule has 4 nitrogen and oxygen atoms in total. The van der Waals surface area contributed by atoms with Crippen LogP contribution in [0.2, 0.25) is 0 Å². The first kappa shape index (κ1) is 12.0. The van der Waals surface area contributed by atoms with Crippen LogP contribution >= 0.6 is 15.9 Å². The lowest BCUT2D eigenvalue weighted by Gasteiger charge is -2.14. The van der Waals surface area contributed by atoms with Crippen LogP contribution < -0.4 is 5.32 Å². The summed E-state index contributed by atoms with van der Waals surface area (Å²) < 4.78 is 2.77. The summed E-state index contributed by atoms with van der Waals surface area (Å²) in [6.07, 6.45) is 5.95. The summed E-state index contributed by atoms with van der Waals surface area (Å²) in [5.74, 6) is 2.31. The highest BCUT2D eigenvalue weighted by Gasteiger charge is 2.23. The van der Waals surface area contributed by atoms with Gasteiger partial charge in [-0.15, -0.1) is 5.10 Å². The Morgan fingerprint density at radius 2 is 2.39 bits per heavy atom. The summed E-state index contributed by atoms with van der Waals surface area (Å²) in [4.78, 5) is 4.49. The minimum Gasteiger partial charge on any atom is -0.353 e. The molecule has 1 aliphatic rings. The average molecular weight is 309 g/mol. The van der Waals surface area contributed by atoms with Crippen LogP contribution in [0.25, 0.3) is 5.65 Å². The monoisotopic (exact) mass is 308 g/mol. The standard InChI is InChI=1S/C13H17BrN4/c1-9-4-2-5-10(9)8-15-13-16-12-11(14)6-3-7-18(12)17-13/h3,6-7,9-10H,2,4-5,8H2,1H3,(H,15,17). The van der Waals surface area contributed by atoms with Gasteiger partial charge in [-0.05, 0) is 46.3 Å². The van der Waals surface area contributed by atoms with E-state index in [1.807, 2.05) is 18.3 Å². The molecule has 0 saturated heterocycles. The summed E-state index contributed by atoms with van der Waals surface area (Å²) in [5.41, 5.74) is 0.861. The summed E-state index contributed by atoms with van der Waals surface area (Å²) in [7, 11) is 0. The van der Waals surface area contributed by atoms with Crippen LogP contribution in [0.5, 0.6) is 0 Å². The topological polar surface area (TPSA) is 42.2 Å². The van der Waals surface area contributed by atoms with Crippen molar-refractivity contribution in [3.8, 4) is 0 Å². The Kier molecular flexibility index (Phi) is 3.24. The predicted molar refractivity (Wildman–Crippen MR) is 75.7 cm³/mol. The smallest absolute Gasteiger partial charge is 0.243 e. The highest BCUT2D eigenvalue weighted by atomic mass is 79.9. The fourth-order valence-corrected chi connectivity index (χ4v) is 3.12. The number of aromatic nitrogens is 3. The third-order valence-electron chi connectivity index (χ3n) is 3.88. The molecule has 0 bridgehead atoms. The van der Waals surface area contributed by atoms with Crippen molar-refractivity contribution in [1.82, 2.24) is 14.6 Å². The van der Waals surface area contributed by atoms with Crippen molar-refractivity contribution in [2.45, 2.75) is 26.2 Å². The molecule has 0 amide bonds. The van der Waals surface area contributed by atoms with Crippen LogP contribution in [0.15, 0.2) is 22.8 Å². The molecule has 1 saturated carbocycles. The van der Waals surface area contributed by atoms with Crippen LogP contribution in [0, 0.1) is 11.8 Å². The number of rotatable bonds is 3. The second kappa shape index (κ2) is 4.88. The van der Waals surface area contributed by atoms with Crippen molar-refractivity contribution >= 4 is 27.5 Å². The molecule has 2 heterocycles. The zero-order chi connectivity index (χ0) is 12.5. The molecule has 0 aliphatic heterocycles. The van der Waals surface area contributed by atoms with E-state index in [-0.39, 0.29) is 0 Å². The summed E-state index contributed by atoms with van der Waals surface area (Å²) >= 11 is 3.49. The Morgan fingerprint density at radius 1 is 1.50 bits per heavy atom. The van der Waals surface area contributed by atoms with Crippen LogP contribution in [0.1, 0.15) is 26.2 Å². The maximum atomic E-state index is 4.49. The lowest BCUT2D eigenvalue weighted by Crippen LogP contribution is -2.17. The first-order valence-electron chi connectivity index (χ1n) is 6.49. The zero-order valence-corrected chi connectivity index (χ0v) is 12.0. The van der Waals surface area contributed by atoms with Gasteiger partial charge in [0.15, 0.2) is 5.65 Å². The largest absolute Gasteiger partial charge is 0.353 e. The van der Waals surface area contributed by atoms with Gasteiger partial charge in [0.1, 0.15) is 0 Å². The molecule has 2 atom stereocenters. The molecule has 1 N–H and O–H groups in total. The maximum Gasteiger partial charge on any atom is 0.243 e. The van der Waals surface area contributed by atoms with Gasteiger partial charge in [0.05, 0.1) is 4.47 Å². The molecule has 1 fully saturated rings. The third kappa shape index (κ3) is 2.23. The van der Waals surface area contributed by atoms with Gasteiger partial charge < -0.3 is 5.32 Å². The fraction of sp³-hybridized carbons (Fsp3) is 0.538. The molecule has 3 rings (SSSR count). The van der Waals surface area contributed by atoms with E-state index >= 15 is 0 Å². The Morgan fingerprint density at radius 3 is 3.11 bits per heavy atom. The predicted octanol–water partition coefficient (Wildman–Crippen LogP) is 3.34. The van der Waals surface area contributed by atoms with Crippen LogP contribution in [-0.2, 0) is 0 Å². The maximum absolute atomic E-state index is 4.49. The van der Waals surface area contributed by atoms with Gasteiger partial charge in [-0.25, -0.2) is 4.52 Å². The van der Waals surface area contributed by atoms with Gasteiger partial charge in [0, 0.05) is 12.7 Å². The number of anilines is 1. The molecule has 2 aromatic rings. The van der Waals surface area contributed by atoms with Gasteiger partial charge in [0.2, 0.25) is 5.95 Å². The van der Waals surface area contributed by atoms with Crippen LogP contribution in [0.4, 0.5) is 5.95 Å². The van der Waals surface area contributed by atoms with Crippen molar-refractivity contribution in [3.05, 3.63) is 22.8 Å². The molecule has 18 heavy (non-hydrogen) atoms. The summed E-state index contributed by atoms with van der Waals surface area (Å²) in [6, 6.07) is 3.93. The quantitative estimate of drug-likeness (QED) is 0.945. The number of nitrogens with one attached hydrogen (secondary N) is 1. The SMILES string of the molecule is CC1CCCC1CNc1nc2c(Br)cccn2n1. The number of fused-ring (bicyclic) bond motifs is 1. The van der Waals surface area contributed by atoms with Gasteiger partial charge in [-0.3, -0.25) is 0 Å². The number of pyridine rings is 1. The van der Waals surface area contributed by atoms with Crippen molar-refractivity contribution in [2.24, 2.45) is 11.8 Å². The molecule has 2 aromatic heterocycles. The zero-order valence-electron chi connectivity index (χ0n) is 10.4. The summed E-state index contributed by atoms with van der Waals surface area (Å²) in [5, 5.41) is 7.79. The molecular formula is C13H17BrN4. The Labute approximate surface area is 115 Å². The first-order chi connectivity index (χ1) is 8.74. The molecule has 96 valence electrons. The Hall–Kier alpha value is -1.10. The second-order valence-electron chi connectivity index (χ2n) is 5.11. The number of halogens is 1. The van der Waals surface area contributed by atoms with Gasteiger partial charge >= 0.3 is 0 Å². The molecule has 0 spiro atoms. The van der Waals surface area contributed by atoms with Gasteiger partial charge in [0.25, 0.3) is 0 Å². The van der Waals surface area contributed by atoms with E-state index in [0.29, 0.717) is 0 Å². The molecule has 5 heteroatoms. The lowest BCUT2D eigenvalue weighted by atomic mass is 9.98. The average Bonchev–Trinajstić information content (AvgIpc) is 2.93. The van der Waals surface area contributed by atoms with Crippen molar-refractivity contribution in [2.75, 3.05) is 11.9 Å². The molecule has 0 radical (unpaired) electrons. The Bertz CT molecular complexity index is 551. The van der Waals surface area contributed by atoms with Gasteiger partial charge in [-0.2, -0.15) is 4.98 Å². The molecule has 2 unspecified atom stereocenters. The van der Waals surface area contributed by atoms with E-state index in [9.17, 15) is 0 Å². The summed E-state index contributed by atoms with van der Waals surface area (Å²) in [6.45, 7) is 3.32. The second-order valence-corrected chi connectivity index (χ2v) is 5.96. The number of hydrogen-bond acceptors (Lipinski definition) is 3. The minimum absolute atomic E-state index is 0.723. The Balaban J connectivity index is 1.73. The van der Waals surface area contributed by atoms with E-state index in [1.54, 1.807) is 4.52 Å².